The van der Waals surface area contributed by atoms with Gasteiger partial charge in [-0.15, -0.1) is 24.0 Å². The van der Waals surface area contributed by atoms with Gasteiger partial charge in [0.25, 0.3) is 0 Å². The van der Waals surface area contributed by atoms with Crippen LogP contribution in [0.15, 0.2) is 53.5 Å². The van der Waals surface area contributed by atoms with Crippen LogP contribution >= 0.6 is 24.0 Å². The highest BCUT2D eigenvalue weighted by Gasteiger charge is 2.18. The van der Waals surface area contributed by atoms with Crippen LogP contribution in [0.5, 0.6) is 0 Å². The van der Waals surface area contributed by atoms with E-state index in [0.717, 1.165) is 37.6 Å². The van der Waals surface area contributed by atoms with Crippen LogP contribution in [-0.4, -0.2) is 60.2 Å². The Kier molecular flexibility index (Phi) is 10.0. The minimum atomic E-state index is -0.520. The Bertz CT molecular complexity index is 815. The summed E-state index contributed by atoms with van der Waals surface area (Å²) >= 11 is 0. The van der Waals surface area contributed by atoms with Crippen LogP contribution < -0.4 is 5.32 Å². The first-order chi connectivity index (χ1) is 14.0. The van der Waals surface area contributed by atoms with Crippen molar-refractivity contribution in [2.75, 3.05) is 33.2 Å². The number of rotatable bonds is 7. The van der Waals surface area contributed by atoms with Crippen LogP contribution in [0.1, 0.15) is 23.6 Å². The zero-order valence-electron chi connectivity index (χ0n) is 17.7. The first kappa shape index (κ1) is 24.6. The number of hydrogen-bond donors (Lipinski definition) is 2. The Labute approximate surface area is 196 Å². The van der Waals surface area contributed by atoms with E-state index in [4.69, 9.17) is 0 Å². The van der Waals surface area contributed by atoms with Crippen molar-refractivity contribution < 1.29 is 9.50 Å². The third kappa shape index (κ3) is 7.21. The molecule has 7 heteroatoms. The SMILES string of the molecule is CCNC(=NCC(O)CN1CCc2ccccc2C1)N(C)Cc1ccc(F)cc1.I. The molecule has 2 aromatic rings. The second kappa shape index (κ2) is 12.2. The Hall–Kier alpha value is -1.71. The lowest BCUT2D eigenvalue weighted by molar-refractivity contribution is 0.111. The lowest BCUT2D eigenvalue weighted by Gasteiger charge is -2.30. The monoisotopic (exact) mass is 526 g/mol. The summed E-state index contributed by atoms with van der Waals surface area (Å²) in [5.74, 6) is 0.500. The summed E-state index contributed by atoms with van der Waals surface area (Å²) in [4.78, 5) is 8.89. The Balaban J connectivity index is 0.00000320. The molecule has 164 valence electrons. The van der Waals surface area contributed by atoms with Gasteiger partial charge in [0.05, 0.1) is 12.6 Å². The third-order valence-corrected chi connectivity index (χ3v) is 5.16. The molecule has 1 atom stereocenters. The predicted molar refractivity (Wildman–Crippen MR) is 131 cm³/mol. The standard InChI is InChI=1S/C23H31FN4O.HI/c1-3-25-23(27(2)15-18-8-10-21(24)11-9-18)26-14-22(29)17-28-13-12-19-6-4-5-7-20(19)16-28;/h4-11,22,29H,3,12-17H2,1-2H3,(H,25,26);1H. The molecule has 1 aliphatic heterocycles. The van der Waals surface area contributed by atoms with Gasteiger partial charge in [0.2, 0.25) is 0 Å². The van der Waals surface area contributed by atoms with Crippen LogP contribution in [0.25, 0.3) is 0 Å². The van der Waals surface area contributed by atoms with Gasteiger partial charge in [-0.05, 0) is 42.2 Å². The number of aliphatic hydroxyl groups excluding tert-OH is 1. The number of guanidine groups is 1. The fourth-order valence-electron chi connectivity index (χ4n) is 3.67. The van der Waals surface area contributed by atoms with Gasteiger partial charge in [0.1, 0.15) is 5.82 Å². The van der Waals surface area contributed by atoms with E-state index >= 15 is 0 Å². The van der Waals surface area contributed by atoms with Crippen LogP contribution in [0, 0.1) is 5.82 Å². The minimum Gasteiger partial charge on any atom is -0.390 e. The van der Waals surface area contributed by atoms with Crippen LogP contribution in [0.3, 0.4) is 0 Å². The summed E-state index contributed by atoms with van der Waals surface area (Å²) in [5.41, 5.74) is 3.77. The number of aliphatic imine (C=N–C) groups is 1. The van der Waals surface area contributed by atoms with E-state index in [9.17, 15) is 9.50 Å². The maximum atomic E-state index is 13.1. The maximum absolute atomic E-state index is 13.1. The number of hydrogen-bond acceptors (Lipinski definition) is 3. The maximum Gasteiger partial charge on any atom is 0.194 e. The van der Waals surface area contributed by atoms with E-state index in [-0.39, 0.29) is 29.8 Å². The van der Waals surface area contributed by atoms with Gasteiger partial charge in [-0.25, -0.2) is 4.39 Å². The summed E-state index contributed by atoms with van der Waals surface area (Å²) in [6.45, 7) is 6.16. The van der Waals surface area contributed by atoms with Crippen molar-refractivity contribution in [2.24, 2.45) is 4.99 Å². The molecule has 5 nitrogen and oxygen atoms in total. The molecule has 1 heterocycles. The number of nitrogens with zero attached hydrogens (tertiary/aromatic N) is 3. The van der Waals surface area contributed by atoms with E-state index in [1.54, 1.807) is 12.1 Å². The average molecular weight is 526 g/mol. The van der Waals surface area contributed by atoms with Crippen molar-refractivity contribution in [3.8, 4) is 0 Å². The van der Waals surface area contributed by atoms with Gasteiger partial charge in [-0.3, -0.25) is 9.89 Å². The molecule has 0 amide bonds. The summed E-state index contributed by atoms with van der Waals surface area (Å²) < 4.78 is 13.1. The molecule has 0 saturated heterocycles. The lowest BCUT2D eigenvalue weighted by atomic mass is 10.00. The number of aliphatic hydroxyl groups is 1. The highest BCUT2D eigenvalue weighted by Crippen LogP contribution is 2.18. The van der Waals surface area contributed by atoms with Crippen molar-refractivity contribution in [3.05, 3.63) is 71.0 Å². The van der Waals surface area contributed by atoms with E-state index in [1.807, 2.05) is 18.9 Å². The number of halogens is 2. The number of benzene rings is 2. The van der Waals surface area contributed by atoms with Crippen molar-refractivity contribution in [3.63, 3.8) is 0 Å². The van der Waals surface area contributed by atoms with E-state index in [2.05, 4.69) is 39.5 Å². The summed E-state index contributed by atoms with van der Waals surface area (Å²) in [5, 5.41) is 13.8. The zero-order chi connectivity index (χ0) is 20.6. The first-order valence-corrected chi connectivity index (χ1v) is 10.3. The van der Waals surface area contributed by atoms with Crippen LogP contribution in [0.2, 0.25) is 0 Å². The van der Waals surface area contributed by atoms with Gasteiger partial charge < -0.3 is 15.3 Å². The summed E-state index contributed by atoms with van der Waals surface area (Å²) in [6.07, 6.45) is 0.503. The molecular formula is C23H32FIN4O. The molecule has 0 radical (unpaired) electrons. The summed E-state index contributed by atoms with van der Waals surface area (Å²) in [7, 11) is 1.94. The zero-order valence-corrected chi connectivity index (χ0v) is 20.1. The van der Waals surface area contributed by atoms with Gasteiger partial charge in [0.15, 0.2) is 5.96 Å². The normalized spacial score (nSPS) is 15.1. The topological polar surface area (TPSA) is 51.1 Å². The predicted octanol–water partition coefficient (Wildman–Crippen LogP) is 3.26. The molecular weight excluding hydrogens is 494 g/mol. The highest BCUT2D eigenvalue weighted by atomic mass is 127. The second-order valence-electron chi connectivity index (χ2n) is 7.58. The fraction of sp³-hybridized carbons (Fsp3) is 0.435. The minimum absolute atomic E-state index is 0. The van der Waals surface area contributed by atoms with Crippen LogP contribution in [0.4, 0.5) is 4.39 Å². The van der Waals surface area contributed by atoms with E-state index in [0.29, 0.717) is 19.6 Å². The Morgan fingerprint density at radius 2 is 1.90 bits per heavy atom. The van der Waals surface area contributed by atoms with E-state index in [1.165, 1.54) is 23.3 Å². The van der Waals surface area contributed by atoms with Gasteiger partial charge in [-0.1, -0.05) is 36.4 Å². The van der Waals surface area contributed by atoms with Crippen molar-refractivity contribution >= 4 is 29.9 Å². The van der Waals surface area contributed by atoms with E-state index < -0.39 is 6.10 Å². The molecule has 1 aliphatic rings. The molecule has 0 spiro atoms. The third-order valence-electron chi connectivity index (χ3n) is 5.16. The fourth-order valence-corrected chi connectivity index (χ4v) is 3.67. The Morgan fingerprint density at radius 1 is 1.20 bits per heavy atom. The molecule has 2 aromatic carbocycles. The highest BCUT2D eigenvalue weighted by molar-refractivity contribution is 14.0. The second-order valence-corrected chi connectivity index (χ2v) is 7.58. The van der Waals surface area contributed by atoms with Crippen molar-refractivity contribution in [1.82, 2.24) is 15.1 Å². The number of β-amino-alcohol motifs (C(OH)–C–C–N with tert-alkyl or cyclic N) is 1. The van der Waals surface area contributed by atoms with Crippen molar-refractivity contribution in [2.45, 2.75) is 32.5 Å². The molecule has 0 aliphatic carbocycles. The number of fused-ring (bicyclic) bond motifs is 1. The smallest absolute Gasteiger partial charge is 0.194 e. The number of nitrogens with one attached hydrogen (secondary N) is 1. The molecule has 0 aromatic heterocycles. The largest absolute Gasteiger partial charge is 0.390 e. The first-order valence-electron chi connectivity index (χ1n) is 10.3. The Morgan fingerprint density at radius 3 is 2.60 bits per heavy atom. The average Bonchev–Trinajstić information content (AvgIpc) is 2.72. The molecule has 1 unspecified atom stereocenters. The lowest BCUT2D eigenvalue weighted by Crippen LogP contribution is -2.40. The molecule has 30 heavy (non-hydrogen) atoms. The van der Waals surface area contributed by atoms with Gasteiger partial charge in [0, 0.05) is 39.8 Å². The molecule has 2 N–H and O–H groups in total. The molecule has 0 saturated carbocycles. The van der Waals surface area contributed by atoms with Crippen LogP contribution in [-0.2, 0) is 19.5 Å². The molecule has 3 rings (SSSR count). The van der Waals surface area contributed by atoms with Gasteiger partial charge >= 0.3 is 0 Å². The van der Waals surface area contributed by atoms with Crippen molar-refractivity contribution in [1.29, 1.82) is 0 Å². The van der Waals surface area contributed by atoms with Gasteiger partial charge in [-0.2, -0.15) is 0 Å². The molecule has 0 bridgehead atoms. The quantitative estimate of drug-likeness (QED) is 0.331. The molecule has 0 fully saturated rings. The summed E-state index contributed by atoms with van der Waals surface area (Å²) in [6, 6.07) is 15.0.